The van der Waals surface area contributed by atoms with Gasteiger partial charge in [-0.05, 0) is 38.2 Å². The fraction of sp³-hybridized carbons (Fsp3) is 0.182. The van der Waals surface area contributed by atoms with Crippen LogP contribution in [-0.4, -0.2) is 12.5 Å². The van der Waals surface area contributed by atoms with Gasteiger partial charge in [0.15, 0.2) is 0 Å². The zero-order valence-electron chi connectivity index (χ0n) is 8.52. The van der Waals surface area contributed by atoms with E-state index in [0.29, 0.717) is 0 Å². The first-order valence-corrected chi connectivity index (χ1v) is 8.53. The number of thioether (sulfide) groups is 4. The maximum atomic E-state index is 2.26. The van der Waals surface area contributed by atoms with E-state index in [1.165, 1.54) is 18.6 Å². The summed E-state index contributed by atoms with van der Waals surface area (Å²) in [7, 11) is 0. The van der Waals surface area contributed by atoms with E-state index in [1.54, 1.807) is 0 Å². The Morgan fingerprint density at radius 3 is 2.00 bits per heavy atom. The molecule has 0 spiro atoms. The standard InChI is InChI=1S/C11H11S4/c1-12-10-11(13-2)15-9(14-10)7-8-5-3-4-6-8/h3-7H,1-2H3. The second kappa shape index (κ2) is 5.99. The van der Waals surface area contributed by atoms with Gasteiger partial charge in [0.05, 0.1) is 8.47 Å². The predicted octanol–water partition coefficient (Wildman–Crippen LogP) is 4.57. The molecule has 0 bridgehead atoms. The van der Waals surface area contributed by atoms with Crippen molar-refractivity contribution in [3.8, 4) is 0 Å². The minimum absolute atomic E-state index is 1.30. The molecule has 2 rings (SSSR count). The molecule has 0 saturated heterocycles. The molecule has 2 aliphatic rings. The van der Waals surface area contributed by atoms with Gasteiger partial charge in [0.1, 0.15) is 0 Å². The smallest absolute Gasteiger partial charge is 0.0656 e. The molecular formula is C11H11S4. The van der Waals surface area contributed by atoms with Crippen LogP contribution in [0, 0.1) is 31.6 Å². The van der Waals surface area contributed by atoms with Crippen LogP contribution in [-0.2, 0) is 0 Å². The van der Waals surface area contributed by atoms with Crippen molar-refractivity contribution in [1.82, 2.24) is 0 Å². The van der Waals surface area contributed by atoms with Gasteiger partial charge in [-0.2, -0.15) is 0 Å². The molecular weight excluding hydrogens is 260 g/mol. The summed E-state index contributed by atoms with van der Waals surface area (Å²) in [4.78, 5) is 0. The summed E-state index contributed by atoms with van der Waals surface area (Å²) in [5, 5.41) is 0. The Morgan fingerprint density at radius 2 is 1.53 bits per heavy atom. The van der Waals surface area contributed by atoms with Crippen LogP contribution in [0.4, 0.5) is 0 Å². The average Bonchev–Trinajstić information content (AvgIpc) is 2.87. The molecule has 0 aromatic rings. The zero-order chi connectivity index (χ0) is 10.7. The molecule has 0 unspecified atom stereocenters. The third-order valence-corrected chi connectivity index (χ3v) is 6.98. The molecule has 0 aromatic carbocycles. The van der Waals surface area contributed by atoms with Gasteiger partial charge in [0.2, 0.25) is 0 Å². The first-order chi connectivity index (χ1) is 7.33. The Labute approximate surface area is 109 Å². The van der Waals surface area contributed by atoms with E-state index in [0.717, 1.165) is 0 Å². The van der Waals surface area contributed by atoms with Crippen LogP contribution in [0.25, 0.3) is 0 Å². The Balaban J connectivity index is 1.98. The van der Waals surface area contributed by atoms with Gasteiger partial charge in [0, 0.05) is 10.2 Å². The minimum atomic E-state index is 1.30. The number of allylic oxidation sites excluding steroid dienone is 1. The number of hydrogen-bond donors (Lipinski definition) is 0. The lowest BCUT2D eigenvalue weighted by Gasteiger charge is -2.01. The molecule has 1 fully saturated rings. The zero-order valence-corrected chi connectivity index (χ0v) is 11.8. The molecule has 0 atom stereocenters. The lowest BCUT2D eigenvalue weighted by molar-refractivity contribution is 1.38. The van der Waals surface area contributed by atoms with E-state index in [1.807, 2.05) is 47.0 Å². The van der Waals surface area contributed by atoms with Crippen LogP contribution in [0.5, 0.6) is 0 Å². The second-order valence-corrected chi connectivity index (χ2v) is 7.38. The van der Waals surface area contributed by atoms with Crippen LogP contribution in [0.2, 0.25) is 0 Å². The predicted molar refractivity (Wildman–Crippen MR) is 77.8 cm³/mol. The molecule has 0 aromatic heterocycles. The maximum Gasteiger partial charge on any atom is 0.0656 e. The summed E-state index contributed by atoms with van der Waals surface area (Å²) in [5.74, 6) is 1.30. The molecule has 5 radical (unpaired) electrons. The first kappa shape index (κ1) is 12.3. The van der Waals surface area contributed by atoms with Gasteiger partial charge in [-0.1, -0.05) is 29.6 Å². The van der Waals surface area contributed by atoms with Crippen LogP contribution in [0.15, 0.2) is 18.8 Å². The highest BCUT2D eigenvalue weighted by atomic mass is 32.3. The summed E-state index contributed by atoms with van der Waals surface area (Å²) >= 11 is 7.46. The lowest BCUT2D eigenvalue weighted by Crippen LogP contribution is -1.84. The van der Waals surface area contributed by atoms with E-state index in [9.17, 15) is 0 Å². The third kappa shape index (κ3) is 3.18. The Hall–Kier alpha value is 0.880. The van der Waals surface area contributed by atoms with Crippen LogP contribution < -0.4 is 0 Å². The highest BCUT2D eigenvalue weighted by molar-refractivity contribution is 8.40. The van der Waals surface area contributed by atoms with Crippen molar-refractivity contribution in [2.45, 2.75) is 0 Å². The van der Waals surface area contributed by atoms with Crippen LogP contribution in [0.3, 0.4) is 0 Å². The van der Waals surface area contributed by atoms with Gasteiger partial charge < -0.3 is 0 Å². The normalized spacial score (nSPS) is 22.9. The van der Waals surface area contributed by atoms with Gasteiger partial charge >= 0.3 is 0 Å². The quantitative estimate of drug-likeness (QED) is 0.737. The Morgan fingerprint density at radius 1 is 1.00 bits per heavy atom. The van der Waals surface area contributed by atoms with Crippen molar-refractivity contribution in [2.24, 2.45) is 0 Å². The Bertz CT molecular complexity index is 269. The van der Waals surface area contributed by atoms with E-state index in [4.69, 9.17) is 0 Å². The first-order valence-electron chi connectivity index (χ1n) is 4.45. The van der Waals surface area contributed by atoms with Crippen molar-refractivity contribution in [3.05, 3.63) is 50.4 Å². The summed E-state index contributed by atoms with van der Waals surface area (Å²) in [6.07, 6.45) is 15.0. The summed E-state index contributed by atoms with van der Waals surface area (Å²) in [6, 6.07) is 0. The van der Waals surface area contributed by atoms with E-state index in [-0.39, 0.29) is 0 Å². The molecule has 1 aliphatic heterocycles. The summed E-state index contributed by atoms with van der Waals surface area (Å²) in [5.41, 5.74) is 0. The number of rotatable bonds is 3. The van der Waals surface area contributed by atoms with Gasteiger partial charge in [-0.25, -0.2) is 0 Å². The van der Waals surface area contributed by atoms with Gasteiger partial charge in [-0.15, -0.1) is 23.5 Å². The molecule has 79 valence electrons. The fourth-order valence-electron chi connectivity index (χ4n) is 1.22. The number of hydrogen-bond acceptors (Lipinski definition) is 4. The van der Waals surface area contributed by atoms with E-state index < -0.39 is 0 Å². The molecule has 0 N–H and O–H groups in total. The SMILES string of the molecule is CSC1=C(SC)SC(=C[C]2[CH][CH][CH][CH]2)S1. The average molecular weight is 271 g/mol. The van der Waals surface area contributed by atoms with Crippen molar-refractivity contribution in [1.29, 1.82) is 0 Å². The highest BCUT2D eigenvalue weighted by Crippen LogP contribution is 2.56. The van der Waals surface area contributed by atoms with Crippen molar-refractivity contribution < 1.29 is 0 Å². The molecule has 4 heteroatoms. The van der Waals surface area contributed by atoms with Crippen molar-refractivity contribution in [2.75, 3.05) is 12.5 Å². The largest absolute Gasteiger partial charge is 0.121 e. The van der Waals surface area contributed by atoms with Crippen molar-refractivity contribution in [3.63, 3.8) is 0 Å². The van der Waals surface area contributed by atoms with Crippen molar-refractivity contribution >= 4 is 47.0 Å². The van der Waals surface area contributed by atoms with Gasteiger partial charge in [-0.3, -0.25) is 0 Å². The third-order valence-electron chi connectivity index (χ3n) is 1.90. The monoisotopic (exact) mass is 271 g/mol. The molecule has 1 aliphatic carbocycles. The lowest BCUT2D eigenvalue weighted by atomic mass is 10.1. The maximum absolute atomic E-state index is 2.26. The Kier molecular flexibility index (Phi) is 4.93. The molecule has 1 saturated carbocycles. The van der Waals surface area contributed by atoms with Crippen LogP contribution in [0.1, 0.15) is 0 Å². The topological polar surface area (TPSA) is 0 Å². The summed E-state index contributed by atoms with van der Waals surface area (Å²) < 4.78 is 4.26. The molecule has 0 nitrogen and oxygen atoms in total. The highest BCUT2D eigenvalue weighted by Gasteiger charge is 2.22. The van der Waals surface area contributed by atoms with E-state index in [2.05, 4.69) is 44.3 Å². The second-order valence-electron chi connectivity index (χ2n) is 2.87. The molecule has 1 heterocycles. The van der Waals surface area contributed by atoms with Gasteiger partial charge in [0.25, 0.3) is 0 Å². The fourth-order valence-corrected chi connectivity index (χ4v) is 6.16. The molecule has 0 amide bonds. The van der Waals surface area contributed by atoms with E-state index >= 15 is 0 Å². The van der Waals surface area contributed by atoms with Crippen LogP contribution >= 0.6 is 47.0 Å². The summed E-state index contributed by atoms with van der Waals surface area (Å²) in [6.45, 7) is 0. The molecule has 15 heavy (non-hydrogen) atoms. The minimum Gasteiger partial charge on any atom is -0.121 e.